The number of hydrogen-bond donors (Lipinski definition) is 1. The summed E-state index contributed by atoms with van der Waals surface area (Å²) in [6.45, 7) is 0. The van der Waals surface area contributed by atoms with E-state index in [0.29, 0.717) is 4.47 Å². The molecule has 0 spiro atoms. The van der Waals surface area contributed by atoms with Crippen LogP contribution in [-0.4, -0.2) is 11.1 Å². The van der Waals surface area contributed by atoms with E-state index in [9.17, 15) is 4.79 Å². The van der Waals surface area contributed by atoms with Crippen molar-refractivity contribution in [3.63, 3.8) is 0 Å². The average molecular weight is 199 g/mol. The monoisotopic (exact) mass is 198 g/mol. The zero-order valence-corrected chi connectivity index (χ0v) is 6.47. The normalized spacial score (nSPS) is 8.50. The first-order valence-corrected chi connectivity index (χ1v) is 3.31. The Morgan fingerprint density at radius 3 is 2.50 bits per heavy atom. The molecule has 0 saturated heterocycles. The van der Waals surface area contributed by atoms with Gasteiger partial charge >= 0.3 is 5.97 Å². The molecule has 0 aliphatic carbocycles. The fourth-order valence-corrected chi connectivity index (χ4v) is 0.928. The summed E-state index contributed by atoms with van der Waals surface area (Å²) in [6, 6.07) is 8.05. The molecule has 0 bridgehead atoms. The number of halogens is 1. The fraction of sp³-hybridized carbons (Fsp3) is 0. The van der Waals surface area contributed by atoms with Gasteiger partial charge in [0.2, 0.25) is 0 Å². The van der Waals surface area contributed by atoms with Crippen molar-refractivity contribution in [1.29, 1.82) is 0 Å². The molecule has 0 amide bonds. The van der Waals surface area contributed by atoms with Crippen LogP contribution in [-0.2, 0) is 0 Å². The molecule has 0 atom stereocenters. The van der Waals surface area contributed by atoms with E-state index >= 15 is 0 Å². The number of carbonyl (C=O) groups is 1. The molecule has 0 fully saturated rings. The molecule has 50 valence electrons. The van der Waals surface area contributed by atoms with Crippen molar-refractivity contribution in [3.8, 4) is 0 Å². The van der Waals surface area contributed by atoms with Crippen molar-refractivity contribution in [1.82, 2.24) is 0 Å². The first-order valence-electron chi connectivity index (χ1n) is 2.52. The first-order chi connectivity index (χ1) is 4.72. The van der Waals surface area contributed by atoms with Crippen LogP contribution in [0.3, 0.4) is 0 Å². The maximum Gasteiger partial charge on any atom is 0.337 e. The second kappa shape index (κ2) is 2.72. The molecule has 1 aromatic carbocycles. The van der Waals surface area contributed by atoms with E-state index in [2.05, 4.69) is 28.1 Å². The van der Waals surface area contributed by atoms with Crippen LogP contribution in [0, 0.1) is 12.1 Å². The van der Waals surface area contributed by atoms with Crippen molar-refractivity contribution in [2.75, 3.05) is 0 Å². The van der Waals surface area contributed by atoms with Crippen LogP contribution in [0.25, 0.3) is 0 Å². The highest BCUT2D eigenvalue weighted by molar-refractivity contribution is 9.10. The first kappa shape index (κ1) is 7.10. The molecule has 0 unspecified atom stereocenters. The molecule has 0 saturated carbocycles. The van der Waals surface area contributed by atoms with E-state index in [1.807, 2.05) is 0 Å². The Labute approximate surface area is 66.6 Å². The summed E-state index contributed by atoms with van der Waals surface area (Å²) < 4.78 is 0.527. The van der Waals surface area contributed by atoms with E-state index in [4.69, 9.17) is 5.11 Å². The second-order valence-electron chi connectivity index (χ2n) is 1.64. The third-order valence-corrected chi connectivity index (χ3v) is 1.64. The lowest BCUT2D eigenvalue weighted by Crippen LogP contribution is -1.95. The van der Waals surface area contributed by atoms with Crippen LogP contribution in [0.4, 0.5) is 0 Å². The van der Waals surface area contributed by atoms with Gasteiger partial charge in [0, 0.05) is 16.6 Å². The van der Waals surface area contributed by atoms with Crippen molar-refractivity contribution >= 4 is 21.9 Å². The van der Waals surface area contributed by atoms with E-state index in [1.165, 1.54) is 12.1 Å². The van der Waals surface area contributed by atoms with Gasteiger partial charge in [-0.15, -0.1) is 0 Å². The zero-order chi connectivity index (χ0) is 7.56. The van der Waals surface area contributed by atoms with Gasteiger partial charge in [-0.3, -0.25) is 0 Å². The molecule has 0 aliphatic rings. The number of carboxylic acids is 1. The Hall–Kier alpha value is -1.01. The van der Waals surface area contributed by atoms with E-state index in [1.54, 1.807) is 0 Å². The number of aromatic carboxylic acids is 1. The Morgan fingerprint density at radius 2 is 2.10 bits per heavy atom. The average Bonchev–Trinajstić information content (AvgIpc) is 1.88. The van der Waals surface area contributed by atoms with Crippen molar-refractivity contribution in [2.24, 2.45) is 0 Å². The predicted molar refractivity (Wildman–Crippen MR) is 38.8 cm³/mol. The molecular weight excluding hydrogens is 196 g/mol. The Bertz CT molecular complexity index is 258. The molecule has 0 aromatic heterocycles. The molecule has 2 nitrogen and oxygen atoms in total. The Balaban J connectivity index is 3.15. The smallest absolute Gasteiger partial charge is 0.337 e. The van der Waals surface area contributed by atoms with E-state index in [-0.39, 0.29) is 5.56 Å². The van der Waals surface area contributed by atoms with Gasteiger partial charge in [-0.2, -0.15) is 0 Å². The lowest BCUT2D eigenvalue weighted by atomic mass is 10.2. The minimum atomic E-state index is -0.961. The topological polar surface area (TPSA) is 37.3 Å². The quantitative estimate of drug-likeness (QED) is 0.747. The lowest BCUT2D eigenvalue weighted by Gasteiger charge is -1.91. The highest BCUT2D eigenvalue weighted by Gasteiger charge is 2.04. The fourth-order valence-electron chi connectivity index (χ4n) is 0.529. The Morgan fingerprint density at radius 1 is 1.50 bits per heavy atom. The third-order valence-electron chi connectivity index (χ3n) is 0.986. The van der Waals surface area contributed by atoms with Gasteiger partial charge in [-0.25, -0.2) is 4.79 Å². The standard InChI is InChI=1S/C7H3BrO2/c8-6-4-2-1-3-5(6)7(9)10/h3-4H,(H,9,10). The molecule has 0 radical (unpaired) electrons. The van der Waals surface area contributed by atoms with Gasteiger partial charge in [0.15, 0.2) is 0 Å². The highest BCUT2D eigenvalue weighted by Crippen LogP contribution is 2.12. The molecule has 0 heterocycles. The lowest BCUT2D eigenvalue weighted by molar-refractivity contribution is 0.0696. The number of carboxylic acid groups (broad SMARTS) is 1. The van der Waals surface area contributed by atoms with Gasteiger partial charge in [0.1, 0.15) is 0 Å². The molecule has 3 heteroatoms. The largest absolute Gasteiger partial charge is 0.478 e. The summed E-state index contributed by atoms with van der Waals surface area (Å²) in [5, 5.41) is 8.50. The summed E-state index contributed by atoms with van der Waals surface area (Å²) in [6.07, 6.45) is 0. The Kier molecular flexibility index (Phi) is 1.93. The summed E-state index contributed by atoms with van der Waals surface area (Å²) in [4.78, 5) is 10.4. The van der Waals surface area contributed by atoms with Crippen LogP contribution >= 0.6 is 15.9 Å². The molecular formula is C7H3BrO2. The molecule has 0 aliphatic heterocycles. The van der Waals surface area contributed by atoms with E-state index < -0.39 is 5.97 Å². The van der Waals surface area contributed by atoms with Crippen LogP contribution in [0.5, 0.6) is 0 Å². The number of rotatable bonds is 1. The van der Waals surface area contributed by atoms with Crippen LogP contribution < -0.4 is 0 Å². The van der Waals surface area contributed by atoms with Gasteiger partial charge < -0.3 is 5.11 Å². The number of hydrogen-bond acceptors (Lipinski definition) is 1. The van der Waals surface area contributed by atoms with Gasteiger partial charge in [-0.05, 0) is 15.9 Å². The minimum Gasteiger partial charge on any atom is -0.478 e. The third kappa shape index (κ3) is 1.28. The summed E-state index contributed by atoms with van der Waals surface area (Å²) in [5.74, 6) is -0.961. The van der Waals surface area contributed by atoms with Crippen molar-refractivity contribution in [2.45, 2.75) is 0 Å². The predicted octanol–water partition coefficient (Wildman–Crippen LogP) is 1.75. The molecule has 10 heavy (non-hydrogen) atoms. The van der Waals surface area contributed by atoms with Gasteiger partial charge in [0.25, 0.3) is 0 Å². The van der Waals surface area contributed by atoms with Crippen molar-refractivity contribution < 1.29 is 9.90 Å². The van der Waals surface area contributed by atoms with Crippen LogP contribution in [0.2, 0.25) is 0 Å². The molecule has 1 rings (SSSR count). The van der Waals surface area contributed by atoms with E-state index in [0.717, 1.165) is 0 Å². The summed E-state index contributed by atoms with van der Waals surface area (Å²) in [5.41, 5.74) is 0.207. The highest BCUT2D eigenvalue weighted by atomic mass is 79.9. The van der Waals surface area contributed by atoms with Crippen molar-refractivity contribution in [3.05, 3.63) is 34.3 Å². The molecule has 1 aromatic rings. The van der Waals surface area contributed by atoms with Gasteiger partial charge in [0.05, 0.1) is 5.56 Å². The van der Waals surface area contributed by atoms with Gasteiger partial charge in [-0.1, -0.05) is 12.1 Å². The zero-order valence-electron chi connectivity index (χ0n) is 4.89. The summed E-state index contributed by atoms with van der Waals surface area (Å²) in [7, 11) is 0. The molecule has 1 N–H and O–H groups in total. The second-order valence-corrected chi connectivity index (χ2v) is 2.50. The van der Waals surface area contributed by atoms with Crippen LogP contribution in [0.15, 0.2) is 16.6 Å². The van der Waals surface area contributed by atoms with Crippen LogP contribution in [0.1, 0.15) is 10.4 Å². The maximum atomic E-state index is 10.4. The SMILES string of the molecule is O=C(O)c1cc#ccc1Br. The maximum absolute atomic E-state index is 10.4. The summed E-state index contributed by atoms with van der Waals surface area (Å²) >= 11 is 3.06. The minimum absolute atomic E-state index is 0.207.